The van der Waals surface area contributed by atoms with Gasteiger partial charge in [0.1, 0.15) is 5.69 Å². The molecule has 2 aromatic rings. The fraction of sp³-hybridized carbons (Fsp3) is 0.412. The van der Waals surface area contributed by atoms with E-state index in [9.17, 15) is 22.4 Å². The fourth-order valence-electron chi connectivity index (χ4n) is 2.63. The molecule has 0 aliphatic rings. The minimum absolute atomic E-state index is 0.00659. The van der Waals surface area contributed by atoms with Gasteiger partial charge in [0.05, 0.1) is 10.7 Å². The van der Waals surface area contributed by atoms with Crippen LogP contribution in [0.1, 0.15) is 47.6 Å². The first kappa shape index (κ1) is 20.2. The van der Waals surface area contributed by atoms with Crippen LogP contribution in [0.15, 0.2) is 0 Å². The van der Waals surface area contributed by atoms with E-state index in [0.717, 1.165) is 0 Å². The second-order valence-corrected chi connectivity index (χ2v) is 6.11. The SMILES string of the molecule is CCCc1c(F)c(F)c(CNC(=O)c2c(Cl)c(CC)nn2C)c(F)c1F. The Morgan fingerprint density at radius 1 is 1.08 bits per heavy atom. The Morgan fingerprint density at radius 3 is 2.08 bits per heavy atom. The highest BCUT2D eigenvalue weighted by molar-refractivity contribution is 6.34. The molecule has 0 radical (unpaired) electrons. The maximum absolute atomic E-state index is 14.1. The first-order chi connectivity index (χ1) is 12.2. The molecule has 2 rings (SSSR count). The minimum atomic E-state index is -1.52. The average molecular weight is 392 g/mol. The molecule has 0 fully saturated rings. The summed E-state index contributed by atoms with van der Waals surface area (Å²) in [5.41, 5.74) is -1.05. The lowest BCUT2D eigenvalue weighted by Crippen LogP contribution is -2.27. The molecule has 0 atom stereocenters. The second-order valence-electron chi connectivity index (χ2n) is 5.73. The van der Waals surface area contributed by atoms with Gasteiger partial charge in [0.15, 0.2) is 23.3 Å². The van der Waals surface area contributed by atoms with Gasteiger partial charge in [-0.25, -0.2) is 17.6 Å². The van der Waals surface area contributed by atoms with E-state index in [1.165, 1.54) is 11.7 Å². The Hall–Kier alpha value is -2.09. The van der Waals surface area contributed by atoms with Gasteiger partial charge in [0.2, 0.25) is 0 Å². The lowest BCUT2D eigenvalue weighted by molar-refractivity contribution is 0.0940. The third-order valence-corrected chi connectivity index (χ3v) is 4.37. The molecule has 9 heteroatoms. The molecule has 1 N–H and O–H groups in total. The molecule has 4 nitrogen and oxygen atoms in total. The number of amides is 1. The van der Waals surface area contributed by atoms with Crippen molar-refractivity contribution in [3.63, 3.8) is 0 Å². The number of nitrogens with one attached hydrogen (secondary N) is 1. The highest BCUT2D eigenvalue weighted by Crippen LogP contribution is 2.26. The highest BCUT2D eigenvalue weighted by atomic mass is 35.5. The van der Waals surface area contributed by atoms with E-state index in [0.29, 0.717) is 18.5 Å². The van der Waals surface area contributed by atoms with Gasteiger partial charge in [-0.05, 0) is 12.8 Å². The van der Waals surface area contributed by atoms with Crippen LogP contribution in [0.4, 0.5) is 17.6 Å². The lowest BCUT2D eigenvalue weighted by atomic mass is 10.0. The predicted octanol–water partition coefficient (Wildman–Crippen LogP) is 4.07. The molecular weight excluding hydrogens is 374 g/mol. The summed E-state index contributed by atoms with van der Waals surface area (Å²) in [4.78, 5) is 12.3. The Balaban J connectivity index is 2.30. The molecule has 26 heavy (non-hydrogen) atoms. The summed E-state index contributed by atoms with van der Waals surface area (Å²) in [6, 6.07) is 0. The summed E-state index contributed by atoms with van der Waals surface area (Å²) in [5, 5.41) is 6.40. The molecule has 142 valence electrons. The first-order valence-corrected chi connectivity index (χ1v) is 8.45. The Labute approximate surface area is 153 Å². The highest BCUT2D eigenvalue weighted by Gasteiger charge is 2.26. The number of aromatic nitrogens is 2. The summed E-state index contributed by atoms with van der Waals surface area (Å²) in [7, 11) is 1.49. The summed E-state index contributed by atoms with van der Waals surface area (Å²) in [6.45, 7) is 2.69. The first-order valence-electron chi connectivity index (χ1n) is 8.07. The molecule has 0 saturated carbocycles. The van der Waals surface area contributed by atoms with E-state index in [-0.39, 0.29) is 17.1 Å². The van der Waals surface area contributed by atoms with Gasteiger partial charge in [-0.3, -0.25) is 9.48 Å². The number of carbonyl (C=O) groups is 1. The molecule has 0 unspecified atom stereocenters. The van der Waals surface area contributed by atoms with Crippen molar-refractivity contribution in [2.45, 2.75) is 39.7 Å². The number of hydrogen-bond donors (Lipinski definition) is 1. The van der Waals surface area contributed by atoms with Crippen molar-refractivity contribution in [1.82, 2.24) is 15.1 Å². The fourth-order valence-corrected chi connectivity index (χ4v) is 3.01. The van der Waals surface area contributed by atoms with Crippen LogP contribution in [-0.2, 0) is 26.4 Å². The maximum atomic E-state index is 14.1. The van der Waals surface area contributed by atoms with Crippen LogP contribution >= 0.6 is 11.6 Å². The van der Waals surface area contributed by atoms with Crippen molar-refractivity contribution in [3.05, 3.63) is 50.8 Å². The van der Waals surface area contributed by atoms with Crippen molar-refractivity contribution < 1.29 is 22.4 Å². The van der Waals surface area contributed by atoms with Crippen LogP contribution in [0.2, 0.25) is 5.02 Å². The number of carbonyl (C=O) groups excluding carboxylic acids is 1. The van der Waals surface area contributed by atoms with Gasteiger partial charge in [-0.15, -0.1) is 0 Å². The molecule has 0 spiro atoms. The molecule has 0 saturated heterocycles. The monoisotopic (exact) mass is 391 g/mol. The predicted molar refractivity (Wildman–Crippen MR) is 89.0 cm³/mol. The maximum Gasteiger partial charge on any atom is 0.271 e. The van der Waals surface area contributed by atoms with Gasteiger partial charge < -0.3 is 5.32 Å². The van der Waals surface area contributed by atoms with Gasteiger partial charge in [-0.1, -0.05) is 31.9 Å². The Kier molecular flexibility index (Phi) is 6.28. The molecular formula is C17H18ClF4N3O. The van der Waals surface area contributed by atoms with E-state index >= 15 is 0 Å². The summed E-state index contributed by atoms with van der Waals surface area (Å²) >= 11 is 6.06. The molecule has 1 amide bonds. The van der Waals surface area contributed by atoms with Crippen LogP contribution in [0.3, 0.4) is 0 Å². The van der Waals surface area contributed by atoms with E-state index in [2.05, 4.69) is 10.4 Å². The summed E-state index contributed by atoms with van der Waals surface area (Å²) < 4.78 is 57.4. The van der Waals surface area contributed by atoms with E-state index in [1.54, 1.807) is 13.8 Å². The molecule has 1 aromatic carbocycles. The standard InChI is InChI=1S/C17H18ClF4N3O/c1-4-6-8-12(19)14(21)9(15(22)13(8)20)7-23-17(26)16-11(18)10(5-2)24-25(16)3/h4-7H2,1-3H3,(H,23,26). The van der Waals surface area contributed by atoms with Gasteiger partial charge in [-0.2, -0.15) is 5.10 Å². The van der Waals surface area contributed by atoms with E-state index in [1.807, 2.05) is 0 Å². The van der Waals surface area contributed by atoms with Crippen LogP contribution in [0.5, 0.6) is 0 Å². The van der Waals surface area contributed by atoms with Crippen molar-refractivity contribution in [2.75, 3.05) is 0 Å². The van der Waals surface area contributed by atoms with Crippen LogP contribution < -0.4 is 5.32 Å². The smallest absolute Gasteiger partial charge is 0.271 e. The van der Waals surface area contributed by atoms with Gasteiger partial charge in [0, 0.05) is 24.7 Å². The largest absolute Gasteiger partial charge is 0.346 e. The molecule has 1 aromatic heterocycles. The molecule has 0 aliphatic carbocycles. The van der Waals surface area contributed by atoms with Crippen molar-refractivity contribution >= 4 is 17.5 Å². The average Bonchev–Trinajstić information content (AvgIpc) is 2.90. The van der Waals surface area contributed by atoms with E-state index < -0.39 is 46.8 Å². The molecule has 0 bridgehead atoms. The van der Waals surface area contributed by atoms with Gasteiger partial charge >= 0.3 is 0 Å². The third-order valence-electron chi connectivity index (χ3n) is 3.98. The van der Waals surface area contributed by atoms with E-state index in [4.69, 9.17) is 11.6 Å². The number of aryl methyl sites for hydroxylation is 2. The zero-order valence-corrected chi connectivity index (χ0v) is 15.3. The zero-order chi connectivity index (χ0) is 19.6. The van der Waals surface area contributed by atoms with Gasteiger partial charge in [0.25, 0.3) is 5.91 Å². The van der Waals surface area contributed by atoms with Crippen molar-refractivity contribution in [2.24, 2.45) is 7.05 Å². The van der Waals surface area contributed by atoms with Crippen molar-refractivity contribution in [1.29, 1.82) is 0 Å². The topological polar surface area (TPSA) is 46.9 Å². The number of halogens is 5. The number of hydrogen-bond acceptors (Lipinski definition) is 2. The molecule has 1 heterocycles. The summed E-state index contributed by atoms with van der Waals surface area (Å²) in [5.74, 6) is -6.68. The quantitative estimate of drug-likeness (QED) is 0.596. The number of rotatable bonds is 6. The number of nitrogens with zero attached hydrogens (tertiary/aromatic N) is 2. The summed E-state index contributed by atoms with van der Waals surface area (Å²) in [6.07, 6.45) is 0.669. The van der Waals surface area contributed by atoms with Crippen LogP contribution in [-0.4, -0.2) is 15.7 Å². The lowest BCUT2D eigenvalue weighted by Gasteiger charge is -2.12. The van der Waals surface area contributed by atoms with Crippen LogP contribution in [0.25, 0.3) is 0 Å². The Morgan fingerprint density at radius 2 is 1.62 bits per heavy atom. The third kappa shape index (κ3) is 3.56. The normalized spacial score (nSPS) is 11.1. The van der Waals surface area contributed by atoms with Crippen LogP contribution in [0, 0.1) is 23.3 Å². The number of benzene rings is 1. The zero-order valence-electron chi connectivity index (χ0n) is 14.5. The Bertz CT molecular complexity index is 822. The second kappa shape index (κ2) is 8.07. The minimum Gasteiger partial charge on any atom is -0.346 e. The molecule has 0 aliphatic heterocycles. The van der Waals surface area contributed by atoms with Crippen molar-refractivity contribution in [3.8, 4) is 0 Å².